The first-order chi connectivity index (χ1) is 5.55. The maximum Gasteiger partial charge on any atom is 0.262 e. The van der Waals surface area contributed by atoms with Gasteiger partial charge in [0.2, 0.25) is 0 Å². The zero-order valence-corrected chi connectivity index (χ0v) is 7.34. The Bertz CT molecular complexity index is 385. The van der Waals surface area contributed by atoms with Crippen LogP contribution in [0.25, 0.3) is 0 Å². The predicted molar refractivity (Wildman–Crippen MR) is 40.3 cm³/mol. The van der Waals surface area contributed by atoms with Gasteiger partial charge in [-0.1, -0.05) is 6.07 Å². The summed E-state index contributed by atoms with van der Waals surface area (Å²) in [6.45, 7) is 0. The highest BCUT2D eigenvalue weighted by atomic mass is 33.2. The molecule has 0 spiro atoms. The molecule has 0 bridgehead atoms. The van der Waals surface area contributed by atoms with Crippen molar-refractivity contribution in [2.45, 2.75) is 5.03 Å². The Morgan fingerprint density at radius 2 is 2.08 bits per heavy atom. The quantitative estimate of drug-likeness (QED) is 0.487. The number of hydrogen-bond acceptors (Lipinski definition) is 5. The molecule has 7 heteroatoms. The molecule has 66 valence electrons. The van der Waals surface area contributed by atoms with E-state index in [9.17, 15) is 17.2 Å². The van der Waals surface area contributed by atoms with Crippen LogP contribution < -0.4 is 0 Å². The van der Waals surface area contributed by atoms with Crippen LogP contribution in [0.1, 0.15) is 0 Å². The number of rotatable bonds is 2. The van der Waals surface area contributed by atoms with Gasteiger partial charge in [0.1, 0.15) is 0 Å². The third-order valence-electron chi connectivity index (χ3n) is 1.07. The molecule has 5 nitrogen and oxygen atoms in total. The van der Waals surface area contributed by atoms with Crippen LogP contribution in [0.4, 0.5) is 0 Å². The molecule has 1 rings (SSSR count). The van der Waals surface area contributed by atoms with Crippen molar-refractivity contribution in [1.29, 1.82) is 0 Å². The minimum atomic E-state index is -4.27. The molecule has 1 aromatic heterocycles. The Morgan fingerprint density at radius 1 is 1.42 bits per heavy atom. The minimum absolute atomic E-state index is 0.460. The Labute approximate surface area is 71.1 Å². The number of pyridine rings is 1. The van der Waals surface area contributed by atoms with Gasteiger partial charge in [0.05, 0.1) is 10.1 Å². The molecule has 0 fully saturated rings. The van der Waals surface area contributed by atoms with Gasteiger partial charge in [-0.2, -0.15) is 0 Å². The van der Waals surface area contributed by atoms with E-state index in [0.29, 0.717) is 0 Å². The zero-order valence-electron chi connectivity index (χ0n) is 5.71. The average Bonchev–Trinajstić information content (AvgIpc) is 2.06. The fraction of sp³-hybridized carbons (Fsp3) is 0. The molecule has 0 radical (unpaired) electrons. The number of aromatic nitrogens is 1. The first kappa shape index (κ1) is 9.30. The minimum Gasteiger partial charge on any atom is -0.760 e. The van der Waals surface area contributed by atoms with E-state index in [2.05, 4.69) is 4.98 Å². The lowest BCUT2D eigenvalue weighted by Crippen LogP contribution is -2.09. The van der Waals surface area contributed by atoms with E-state index < -0.39 is 24.0 Å². The lowest BCUT2D eigenvalue weighted by Gasteiger charge is -2.04. The van der Waals surface area contributed by atoms with Crippen LogP contribution in [-0.4, -0.2) is 22.2 Å². The summed E-state index contributed by atoms with van der Waals surface area (Å²) in [7, 11) is -7.44. The average molecular weight is 206 g/mol. The van der Waals surface area contributed by atoms with Crippen molar-refractivity contribution in [3.05, 3.63) is 24.4 Å². The van der Waals surface area contributed by atoms with Gasteiger partial charge in [0, 0.05) is 6.20 Å². The second kappa shape index (κ2) is 3.30. The Kier molecular flexibility index (Phi) is 2.55. The Hall–Kier alpha value is -0.790. The summed E-state index contributed by atoms with van der Waals surface area (Å²) in [6.07, 6.45) is 1.21. The van der Waals surface area contributed by atoms with Crippen molar-refractivity contribution < 1.29 is 17.2 Å². The highest BCUT2D eigenvalue weighted by Crippen LogP contribution is 2.08. The monoisotopic (exact) mass is 206 g/mol. The maximum atomic E-state index is 10.9. The molecule has 0 amide bonds. The Balaban J connectivity index is 3.26. The predicted octanol–water partition coefficient (Wildman–Crippen LogP) is -0.351. The lowest BCUT2D eigenvalue weighted by atomic mass is 10.5. The van der Waals surface area contributed by atoms with Gasteiger partial charge in [-0.25, -0.2) is 13.4 Å². The standard InChI is InChI=1S/C5H5NO4S2/c7-11(8)12(9,10)5-3-1-2-4-6-5/h1-4H,(H,7,8)/p-1. The molecule has 0 saturated heterocycles. The van der Waals surface area contributed by atoms with Crippen LogP contribution in [0.15, 0.2) is 29.4 Å². The van der Waals surface area contributed by atoms with E-state index in [4.69, 9.17) is 0 Å². The van der Waals surface area contributed by atoms with E-state index in [-0.39, 0.29) is 0 Å². The van der Waals surface area contributed by atoms with Gasteiger partial charge in [-0.15, -0.1) is 0 Å². The fourth-order valence-corrected chi connectivity index (χ4v) is 1.85. The van der Waals surface area contributed by atoms with Crippen LogP contribution in [0.2, 0.25) is 0 Å². The van der Waals surface area contributed by atoms with E-state index in [1.165, 1.54) is 18.3 Å². The van der Waals surface area contributed by atoms with Crippen LogP contribution in [-0.2, 0) is 19.0 Å². The number of nitrogens with zero attached hydrogens (tertiary/aromatic N) is 1. The van der Waals surface area contributed by atoms with Crippen molar-refractivity contribution in [2.24, 2.45) is 0 Å². The normalized spacial score (nSPS) is 14.1. The molecule has 0 N–H and O–H groups in total. The van der Waals surface area contributed by atoms with Crippen molar-refractivity contribution in [2.75, 3.05) is 0 Å². The highest BCUT2D eigenvalue weighted by Gasteiger charge is 2.15. The molecule has 1 aromatic rings. The molecule has 0 aliphatic rings. The third kappa shape index (κ3) is 1.68. The second-order valence-corrected chi connectivity index (χ2v) is 5.69. The molecule has 1 atom stereocenters. The molecule has 0 aliphatic heterocycles. The van der Waals surface area contributed by atoms with Crippen LogP contribution in [0, 0.1) is 0 Å². The Morgan fingerprint density at radius 3 is 2.50 bits per heavy atom. The first-order valence-electron chi connectivity index (χ1n) is 2.81. The maximum absolute atomic E-state index is 10.9. The fourth-order valence-electron chi connectivity index (χ4n) is 0.565. The van der Waals surface area contributed by atoms with Gasteiger partial charge in [0.25, 0.3) is 8.87 Å². The first-order valence-corrected chi connectivity index (χ1v) is 5.88. The van der Waals surface area contributed by atoms with Crippen molar-refractivity contribution >= 4 is 19.0 Å². The summed E-state index contributed by atoms with van der Waals surface area (Å²) < 4.78 is 42.1. The lowest BCUT2D eigenvalue weighted by molar-refractivity contribution is 0.539. The van der Waals surface area contributed by atoms with Gasteiger partial charge >= 0.3 is 0 Å². The van der Waals surface area contributed by atoms with Gasteiger partial charge < -0.3 is 4.55 Å². The highest BCUT2D eigenvalue weighted by molar-refractivity contribution is 8.61. The molecular weight excluding hydrogens is 202 g/mol. The van der Waals surface area contributed by atoms with Crippen molar-refractivity contribution in [1.82, 2.24) is 4.98 Å². The molecule has 0 aromatic carbocycles. The largest absolute Gasteiger partial charge is 0.760 e. The molecule has 1 heterocycles. The summed E-state index contributed by atoms with van der Waals surface area (Å²) in [6, 6.07) is 4.00. The summed E-state index contributed by atoms with van der Waals surface area (Å²) in [5, 5.41) is -0.460. The van der Waals surface area contributed by atoms with Crippen molar-refractivity contribution in [3.8, 4) is 0 Å². The van der Waals surface area contributed by atoms with Gasteiger partial charge in [-0.05, 0) is 12.1 Å². The molecular formula is C5H4NO4S2-. The van der Waals surface area contributed by atoms with E-state index >= 15 is 0 Å². The molecule has 12 heavy (non-hydrogen) atoms. The second-order valence-electron chi connectivity index (χ2n) is 1.83. The van der Waals surface area contributed by atoms with Gasteiger partial charge in [0.15, 0.2) is 5.03 Å². The summed E-state index contributed by atoms with van der Waals surface area (Å²) in [4.78, 5) is 3.39. The summed E-state index contributed by atoms with van der Waals surface area (Å²) >= 11 is 0. The van der Waals surface area contributed by atoms with Crippen LogP contribution in [0.3, 0.4) is 0 Å². The smallest absolute Gasteiger partial charge is 0.262 e. The molecule has 0 aliphatic carbocycles. The third-order valence-corrected chi connectivity index (χ3v) is 3.77. The molecule has 1 unspecified atom stereocenters. The van der Waals surface area contributed by atoms with Crippen molar-refractivity contribution in [3.63, 3.8) is 0 Å². The number of hydrogen-bond donors (Lipinski definition) is 0. The zero-order chi connectivity index (χ0) is 9.19. The van der Waals surface area contributed by atoms with Crippen LogP contribution in [0.5, 0.6) is 0 Å². The van der Waals surface area contributed by atoms with E-state index in [0.717, 1.165) is 6.07 Å². The van der Waals surface area contributed by atoms with E-state index in [1.807, 2.05) is 0 Å². The topological polar surface area (TPSA) is 87.2 Å². The van der Waals surface area contributed by atoms with Crippen LogP contribution >= 0.6 is 0 Å². The summed E-state index contributed by atoms with van der Waals surface area (Å²) in [5.74, 6) is 0. The summed E-state index contributed by atoms with van der Waals surface area (Å²) in [5.41, 5.74) is 0. The SMILES string of the molecule is O=S([O-])S(=O)(=O)c1ccccn1. The van der Waals surface area contributed by atoms with E-state index in [1.54, 1.807) is 0 Å². The molecule has 0 saturated carbocycles. The van der Waals surface area contributed by atoms with Gasteiger partial charge in [-0.3, -0.25) is 4.21 Å².